The first-order valence-electron chi connectivity index (χ1n) is 10.2. The summed E-state index contributed by atoms with van der Waals surface area (Å²) in [7, 11) is 0. The molecule has 0 saturated carbocycles. The predicted molar refractivity (Wildman–Crippen MR) is 118 cm³/mol. The Bertz CT molecular complexity index is 1100. The number of aryl methyl sites for hydroxylation is 1. The van der Waals surface area contributed by atoms with Crippen molar-refractivity contribution in [1.82, 2.24) is 10.5 Å². The number of carbonyl (C=O) groups excluding carboxylic acids is 2. The number of aromatic nitrogens is 1. The number of benzene rings is 2. The van der Waals surface area contributed by atoms with Gasteiger partial charge in [0.05, 0.1) is 5.92 Å². The molecule has 166 valence electrons. The van der Waals surface area contributed by atoms with Crippen LogP contribution in [0.4, 0.5) is 5.82 Å². The van der Waals surface area contributed by atoms with E-state index in [0.29, 0.717) is 5.76 Å². The average molecular weight is 435 g/mol. The SMILES string of the molecule is Cc1cc(NC(=O)C(C(C)C)C(NC(=O)c2ccccc2)(C(=O)O)c2ccccc2)no1. The van der Waals surface area contributed by atoms with Gasteiger partial charge in [-0.05, 0) is 30.5 Å². The number of carbonyl (C=O) groups is 3. The molecule has 1 heterocycles. The number of carboxylic acid groups (broad SMARTS) is 1. The Kier molecular flexibility index (Phi) is 6.73. The maximum Gasteiger partial charge on any atom is 0.335 e. The molecule has 0 radical (unpaired) electrons. The van der Waals surface area contributed by atoms with Crippen LogP contribution in [0.5, 0.6) is 0 Å². The van der Waals surface area contributed by atoms with Crippen LogP contribution in [0.1, 0.15) is 35.5 Å². The largest absolute Gasteiger partial charge is 0.479 e. The van der Waals surface area contributed by atoms with Gasteiger partial charge in [0.25, 0.3) is 5.91 Å². The minimum atomic E-state index is -2.04. The molecule has 0 aliphatic heterocycles. The second kappa shape index (κ2) is 9.47. The average Bonchev–Trinajstić information content (AvgIpc) is 3.18. The molecule has 1 aromatic heterocycles. The minimum Gasteiger partial charge on any atom is -0.479 e. The summed E-state index contributed by atoms with van der Waals surface area (Å²) in [6, 6.07) is 18.0. The zero-order valence-corrected chi connectivity index (χ0v) is 18.0. The topological polar surface area (TPSA) is 122 Å². The molecule has 2 unspecified atom stereocenters. The van der Waals surface area contributed by atoms with E-state index in [1.165, 1.54) is 6.07 Å². The normalized spacial score (nSPS) is 13.8. The Morgan fingerprint density at radius 1 is 1.00 bits per heavy atom. The van der Waals surface area contributed by atoms with Crippen LogP contribution >= 0.6 is 0 Å². The van der Waals surface area contributed by atoms with Gasteiger partial charge in [-0.3, -0.25) is 9.59 Å². The quantitative estimate of drug-likeness (QED) is 0.497. The van der Waals surface area contributed by atoms with Gasteiger partial charge in [0.1, 0.15) is 5.76 Å². The van der Waals surface area contributed by atoms with Crippen molar-refractivity contribution in [2.45, 2.75) is 26.3 Å². The fourth-order valence-electron chi connectivity index (χ4n) is 3.81. The van der Waals surface area contributed by atoms with Gasteiger partial charge in [0, 0.05) is 11.6 Å². The second-order valence-electron chi connectivity index (χ2n) is 7.83. The minimum absolute atomic E-state index is 0.167. The molecule has 3 aromatic rings. The molecule has 3 rings (SSSR count). The van der Waals surface area contributed by atoms with Gasteiger partial charge in [0.2, 0.25) is 5.91 Å². The maximum atomic E-state index is 13.4. The lowest BCUT2D eigenvalue weighted by atomic mass is 9.71. The molecule has 8 nitrogen and oxygen atoms in total. The number of aliphatic carboxylic acids is 1. The molecule has 0 spiro atoms. The molecule has 32 heavy (non-hydrogen) atoms. The number of anilines is 1. The van der Waals surface area contributed by atoms with Crippen LogP contribution in [0.15, 0.2) is 71.3 Å². The van der Waals surface area contributed by atoms with E-state index in [2.05, 4.69) is 15.8 Å². The van der Waals surface area contributed by atoms with Crippen molar-refractivity contribution in [3.05, 3.63) is 83.6 Å². The lowest BCUT2D eigenvalue weighted by Gasteiger charge is -2.39. The zero-order valence-electron chi connectivity index (χ0n) is 18.0. The van der Waals surface area contributed by atoms with E-state index in [1.54, 1.807) is 81.4 Å². The number of nitrogens with one attached hydrogen (secondary N) is 2. The van der Waals surface area contributed by atoms with Crippen LogP contribution in [0.25, 0.3) is 0 Å². The summed E-state index contributed by atoms with van der Waals surface area (Å²) < 4.78 is 4.99. The molecule has 0 fully saturated rings. The molecule has 2 aromatic carbocycles. The lowest BCUT2D eigenvalue weighted by molar-refractivity contribution is -0.152. The van der Waals surface area contributed by atoms with E-state index in [0.717, 1.165) is 0 Å². The highest BCUT2D eigenvalue weighted by Crippen LogP contribution is 2.37. The van der Waals surface area contributed by atoms with Gasteiger partial charge in [-0.1, -0.05) is 67.5 Å². The Balaban J connectivity index is 2.12. The monoisotopic (exact) mass is 435 g/mol. The third-order valence-electron chi connectivity index (χ3n) is 5.21. The summed E-state index contributed by atoms with van der Waals surface area (Å²) in [6.07, 6.45) is 0. The van der Waals surface area contributed by atoms with E-state index in [1.807, 2.05) is 0 Å². The van der Waals surface area contributed by atoms with Crippen molar-refractivity contribution in [2.24, 2.45) is 11.8 Å². The summed E-state index contributed by atoms with van der Waals surface area (Å²) in [4.78, 5) is 39.4. The smallest absolute Gasteiger partial charge is 0.335 e. The van der Waals surface area contributed by atoms with Crippen LogP contribution in [0.3, 0.4) is 0 Å². The highest BCUT2D eigenvalue weighted by molar-refractivity contribution is 6.02. The second-order valence-corrected chi connectivity index (χ2v) is 7.83. The molecular weight excluding hydrogens is 410 g/mol. The fourth-order valence-corrected chi connectivity index (χ4v) is 3.81. The van der Waals surface area contributed by atoms with Gasteiger partial charge in [0.15, 0.2) is 11.4 Å². The van der Waals surface area contributed by atoms with Crippen molar-refractivity contribution >= 4 is 23.6 Å². The Morgan fingerprint density at radius 3 is 2.09 bits per heavy atom. The van der Waals surface area contributed by atoms with Crippen LogP contribution < -0.4 is 10.6 Å². The molecule has 3 N–H and O–H groups in total. The van der Waals surface area contributed by atoms with Crippen molar-refractivity contribution in [1.29, 1.82) is 0 Å². The van der Waals surface area contributed by atoms with E-state index >= 15 is 0 Å². The first-order chi connectivity index (χ1) is 15.3. The van der Waals surface area contributed by atoms with Gasteiger partial charge >= 0.3 is 5.97 Å². The summed E-state index contributed by atoms with van der Waals surface area (Å²) in [5.74, 6) is -3.53. The number of hydrogen-bond acceptors (Lipinski definition) is 5. The molecule has 2 amide bonds. The molecule has 0 saturated heterocycles. The third-order valence-corrected chi connectivity index (χ3v) is 5.21. The Labute approximate surface area is 185 Å². The van der Waals surface area contributed by atoms with E-state index in [-0.39, 0.29) is 16.9 Å². The number of rotatable bonds is 8. The van der Waals surface area contributed by atoms with Gasteiger partial charge in [-0.2, -0.15) is 0 Å². The summed E-state index contributed by atoms with van der Waals surface area (Å²) in [5, 5.41) is 19.5. The van der Waals surface area contributed by atoms with Gasteiger partial charge in [-0.15, -0.1) is 0 Å². The predicted octanol–water partition coefficient (Wildman–Crippen LogP) is 3.60. The van der Waals surface area contributed by atoms with Gasteiger partial charge in [-0.25, -0.2) is 4.79 Å². The zero-order chi connectivity index (χ0) is 23.3. The van der Waals surface area contributed by atoms with E-state index in [4.69, 9.17) is 4.52 Å². The van der Waals surface area contributed by atoms with Crippen molar-refractivity contribution in [3.8, 4) is 0 Å². The Hall–Kier alpha value is -3.94. The first-order valence-corrected chi connectivity index (χ1v) is 10.2. The standard InChI is InChI=1S/C24H25N3O5/c1-15(2)20(22(29)25-19-14-16(3)32-27-19)24(23(30)31,18-12-8-5-9-13-18)26-21(28)17-10-6-4-7-11-17/h4-15,20H,1-3H3,(H,26,28)(H,30,31)(H,25,27,29). The van der Waals surface area contributed by atoms with Crippen LogP contribution in [-0.4, -0.2) is 28.0 Å². The highest BCUT2D eigenvalue weighted by Gasteiger charge is 2.53. The van der Waals surface area contributed by atoms with Crippen molar-refractivity contribution in [2.75, 3.05) is 5.32 Å². The molecule has 8 heteroatoms. The van der Waals surface area contributed by atoms with Crippen molar-refractivity contribution < 1.29 is 24.0 Å². The third kappa shape index (κ3) is 4.54. The highest BCUT2D eigenvalue weighted by atomic mass is 16.5. The summed E-state index contributed by atoms with van der Waals surface area (Å²) >= 11 is 0. The number of carboxylic acids is 1. The van der Waals surface area contributed by atoms with Gasteiger partial charge < -0.3 is 20.3 Å². The van der Waals surface area contributed by atoms with E-state index in [9.17, 15) is 19.5 Å². The number of amides is 2. The fraction of sp³-hybridized carbons (Fsp3) is 0.250. The summed E-state index contributed by atoms with van der Waals surface area (Å²) in [5.41, 5.74) is -1.48. The number of nitrogens with zero attached hydrogens (tertiary/aromatic N) is 1. The Morgan fingerprint density at radius 2 is 1.59 bits per heavy atom. The molecular formula is C24H25N3O5. The first kappa shape index (κ1) is 22.7. The lowest BCUT2D eigenvalue weighted by Crippen LogP contribution is -2.61. The van der Waals surface area contributed by atoms with Crippen molar-refractivity contribution in [3.63, 3.8) is 0 Å². The molecule has 0 aliphatic carbocycles. The molecule has 2 atom stereocenters. The van der Waals surface area contributed by atoms with Crippen LogP contribution in [0.2, 0.25) is 0 Å². The van der Waals surface area contributed by atoms with Crippen LogP contribution in [-0.2, 0) is 15.1 Å². The molecule has 0 aliphatic rings. The molecule has 0 bridgehead atoms. The summed E-state index contributed by atoms with van der Waals surface area (Å²) in [6.45, 7) is 5.13. The van der Waals surface area contributed by atoms with E-state index < -0.39 is 35.2 Å². The maximum absolute atomic E-state index is 13.4. The van der Waals surface area contributed by atoms with Crippen LogP contribution in [0, 0.1) is 18.8 Å². The number of hydrogen-bond donors (Lipinski definition) is 3.